The van der Waals surface area contributed by atoms with E-state index in [1.165, 1.54) is 56.1 Å². The minimum atomic E-state index is 0.775. The average molecular weight is 310 g/mol. The second-order valence-electron chi connectivity index (χ2n) is 7.03. The van der Waals surface area contributed by atoms with Gasteiger partial charge >= 0.3 is 0 Å². The Morgan fingerprint density at radius 3 is 2.70 bits per heavy atom. The van der Waals surface area contributed by atoms with Crippen LogP contribution in [0.2, 0.25) is 0 Å². The Morgan fingerprint density at radius 2 is 1.83 bits per heavy atom. The predicted octanol–water partition coefficient (Wildman–Crippen LogP) is 3.39. The molecule has 4 nitrogen and oxygen atoms in total. The van der Waals surface area contributed by atoms with Crippen LogP contribution in [0.15, 0.2) is 24.5 Å². The molecule has 0 radical (unpaired) electrons. The van der Waals surface area contributed by atoms with Gasteiger partial charge in [0.15, 0.2) is 0 Å². The van der Waals surface area contributed by atoms with Crippen molar-refractivity contribution in [3.63, 3.8) is 0 Å². The second-order valence-corrected chi connectivity index (χ2v) is 7.03. The van der Waals surface area contributed by atoms with Crippen molar-refractivity contribution < 1.29 is 0 Å². The van der Waals surface area contributed by atoms with Crippen molar-refractivity contribution in [3.8, 4) is 0 Å². The van der Waals surface area contributed by atoms with Crippen molar-refractivity contribution in [1.82, 2.24) is 14.9 Å². The third-order valence-electron chi connectivity index (χ3n) is 5.42. The van der Waals surface area contributed by atoms with Crippen LogP contribution in [0.4, 0.5) is 5.82 Å². The smallest absolute Gasteiger partial charge is 0.139 e. The number of anilines is 1. The summed E-state index contributed by atoms with van der Waals surface area (Å²) in [6, 6.07) is 7.25. The molecule has 4 heteroatoms. The van der Waals surface area contributed by atoms with E-state index in [4.69, 9.17) is 0 Å². The first kappa shape index (κ1) is 14.9. The second kappa shape index (κ2) is 6.44. The van der Waals surface area contributed by atoms with E-state index in [9.17, 15) is 0 Å². The van der Waals surface area contributed by atoms with Crippen molar-refractivity contribution in [3.05, 3.63) is 30.1 Å². The fraction of sp³-hybridized carbons (Fsp3) is 0.579. The van der Waals surface area contributed by atoms with E-state index in [0.717, 1.165) is 30.5 Å². The van der Waals surface area contributed by atoms with Crippen LogP contribution in [-0.4, -0.2) is 47.1 Å². The summed E-state index contributed by atoms with van der Waals surface area (Å²) in [6.45, 7) is 6.98. The van der Waals surface area contributed by atoms with Crippen LogP contribution in [0, 0.1) is 6.92 Å². The normalized spacial score (nSPS) is 23.3. The van der Waals surface area contributed by atoms with Gasteiger partial charge in [0.1, 0.15) is 12.1 Å². The largest absolute Gasteiger partial charge is 0.356 e. The highest BCUT2D eigenvalue weighted by Gasteiger charge is 2.25. The third-order valence-corrected chi connectivity index (χ3v) is 5.42. The lowest BCUT2D eigenvalue weighted by molar-refractivity contribution is 0.225. The molecule has 3 heterocycles. The van der Waals surface area contributed by atoms with Crippen LogP contribution in [0.25, 0.3) is 10.9 Å². The molecule has 1 atom stereocenters. The van der Waals surface area contributed by atoms with Crippen molar-refractivity contribution in [2.45, 2.75) is 45.1 Å². The predicted molar refractivity (Wildman–Crippen MR) is 94.9 cm³/mol. The molecule has 0 amide bonds. The van der Waals surface area contributed by atoms with Gasteiger partial charge in [0, 0.05) is 24.5 Å². The highest BCUT2D eigenvalue weighted by atomic mass is 15.2. The number of nitrogens with zero attached hydrogens (tertiary/aromatic N) is 4. The number of benzene rings is 1. The van der Waals surface area contributed by atoms with Gasteiger partial charge in [-0.05, 0) is 64.3 Å². The maximum atomic E-state index is 4.64. The lowest BCUT2D eigenvalue weighted by Crippen LogP contribution is -2.34. The lowest BCUT2D eigenvalue weighted by Gasteiger charge is -2.27. The first-order valence-electron chi connectivity index (χ1n) is 9.01. The topological polar surface area (TPSA) is 32.3 Å². The molecule has 2 fully saturated rings. The molecule has 122 valence electrons. The average Bonchev–Trinajstić information content (AvgIpc) is 2.99. The molecule has 23 heavy (non-hydrogen) atoms. The third kappa shape index (κ3) is 3.05. The number of rotatable bonds is 2. The van der Waals surface area contributed by atoms with Crippen LogP contribution in [0.1, 0.15) is 37.7 Å². The Kier molecular flexibility index (Phi) is 4.17. The van der Waals surface area contributed by atoms with E-state index in [-0.39, 0.29) is 0 Å². The van der Waals surface area contributed by atoms with Gasteiger partial charge in [0.05, 0.1) is 5.52 Å². The zero-order valence-electron chi connectivity index (χ0n) is 14.0. The molecular weight excluding hydrogens is 284 g/mol. The van der Waals surface area contributed by atoms with E-state index in [0.29, 0.717) is 0 Å². The summed E-state index contributed by atoms with van der Waals surface area (Å²) >= 11 is 0. The fourth-order valence-corrected chi connectivity index (χ4v) is 4.17. The summed E-state index contributed by atoms with van der Waals surface area (Å²) in [7, 11) is 0. The quantitative estimate of drug-likeness (QED) is 0.851. The van der Waals surface area contributed by atoms with Gasteiger partial charge in [-0.2, -0.15) is 0 Å². The minimum absolute atomic E-state index is 0.775. The molecule has 0 N–H and O–H groups in total. The Morgan fingerprint density at radius 1 is 0.957 bits per heavy atom. The van der Waals surface area contributed by atoms with Gasteiger partial charge in [-0.1, -0.05) is 11.6 Å². The highest BCUT2D eigenvalue weighted by Crippen LogP contribution is 2.28. The Bertz CT molecular complexity index is 678. The van der Waals surface area contributed by atoms with Gasteiger partial charge in [0.2, 0.25) is 0 Å². The Balaban J connectivity index is 1.57. The maximum Gasteiger partial charge on any atom is 0.139 e. The molecule has 0 saturated carbocycles. The molecule has 1 unspecified atom stereocenters. The fourth-order valence-electron chi connectivity index (χ4n) is 4.17. The number of hydrogen-bond acceptors (Lipinski definition) is 4. The van der Waals surface area contributed by atoms with Gasteiger partial charge in [0.25, 0.3) is 0 Å². The van der Waals surface area contributed by atoms with Gasteiger partial charge in [-0.3, -0.25) is 0 Å². The van der Waals surface area contributed by atoms with Crippen LogP contribution >= 0.6 is 0 Å². The van der Waals surface area contributed by atoms with E-state index < -0.39 is 0 Å². The van der Waals surface area contributed by atoms with Crippen LogP contribution in [0.3, 0.4) is 0 Å². The number of fused-ring (bicyclic) bond motifs is 1. The Hall–Kier alpha value is -1.68. The molecule has 1 aromatic heterocycles. The molecule has 2 aliphatic heterocycles. The molecule has 2 aliphatic rings. The standard InChI is InChI=1S/C19H26N4/c1-15-6-7-18-17(13-15)19(21-14-20-18)23-11-4-5-16(8-12-23)22-9-2-3-10-22/h6-7,13-14,16H,2-5,8-12H2,1H3. The summed E-state index contributed by atoms with van der Waals surface area (Å²) in [6.07, 6.45) is 8.34. The summed E-state index contributed by atoms with van der Waals surface area (Å²) < 4.78 is 0. The molecule has 2 aromatic rings. The highest BCUT2D eigenvalue weighted by molar-refractivity contribution is 5.89. The van der Waals surface area contributed by atoms with Crippen molar-refractivity contribution in [2.75, 3.05) is 31.1 Å². The lowest BCUT2D eigenvalue weighted by atomic mass is 10.1. The van der Waals surface area contributed by atoms with Crippen LogP contribution in [0.5, 0.6) is 0 Å². The first-order valence-corrected chi connectivity index (χ1v) is 9.01. The molecular formula is C19H26N4. The van der Waals surface area contributed by atoms with Gasteiger partial charge in [-0.25, -0.2) is 9.97 Å². The maximum absolute atomic E-state index is 4.64. The zero-order chi connectivity index (χ0) is 15.6. The number of aryl methyl sites for hydroxylation is 1. The summed E-state index contributed by atoms with van der Waals surface area (Å²) in [5.74, 6) is 1.13. The number of hydrogen-bond donors (Lipinski definition) is 0. The number of likely N-dealkylation sites (tertiary alicyclic amines) is 1. The summed E-state index contributed by atoms with van der Waals surface area (Å²) in [5, 5.41) is 1.20. The van der Waals surface area contributed by atoms with E-state index in [2.05, 4.69) is 44.9 Å². The van der Waals surface area contributed by atoms with Gasteiger partial charge < -0.3 is 9.80 Å². The van der Waals surface area contributed by atoms with Crippen LogP contribution in [-0.2, 0) is 0 Å². The molecule has 2 saturated heterocycles. The molecule has 0 spiro atoms. The van der Waals surface area contributed by atoms with Crippen molar-refractivity contribution in [1.29, 1.82) is 0 Å². The van der Waals surface area contributed by atoms with E-state index >= 15 is 0 Å². The molecule has 0 bridgehead atoms. The number of aromatic nitrogens is 2. The summed E-state index contributed by atoms with van der Waals surface area (Å²) in [5.41, 5.74) is 2.33. The first-order chi connectivity index (χ1) is 11.3. The zero-order valence-corrected chi connectivity index (χ0v) is 14.0. The Labute approximate surface area is 138 Å². The molecule has 0 aliphatic carbocycles. The van der Waals surface area contributed by atoms with E-state index in [1.54, 1.807) is 6.33 Å². The monoisotopic (exact) mass is 310 g/mol. The summed E-state index contributed by atoms with van der Waals surface area (Å²) in [4.78, 5) is 14.3. The molecule has 4 rings (SSSR count). The SMILES string of the molecule is Cc1ccc2ncnc(N3CCCC(N4CCCC4)CC3)c2c1. The minimum Gasteiger partial charge on any atom is -0.356 e. The van der Waals surface area contributed by atoms with Crippen molar-refractivity contribution in [2.24, 2.45) is 0 Å². The molecule has 1 aromatic carbocycles. The van der Waals surface area contributed by atoms with Crippen molar-refractivity contribution >= 4 is 16.7 Å². The van der Waals surface area contributed by atoms with Crippen LogP contribution < -0.4 is 4.90 Å². The van der Waals surface area contributed by atoms with E-state index in [1.807, 2.05) is 0 Å². The van der Waals surface area contributed by atoms with Gasteiger partial charge in [-0.15, -0.1) is 0 Å².